The summed E-state index contributed by atoms with van der Waals surface area (Å²) < 4.78 is 13.0. The number of carbonyl (C=O) groups excluding carboxylic acids is 1. The molecule has 1 atom stereocenters. The lowest BCUT2D eigenvalue weighted by Crippen LogP contribution is -2.47. The van der Waals surface area contributed by atoms with Gasteiger partial charge in [-0.25, -0.2) is 4.39 Å². The Bertz CT molecular complexity index is 444. The number of halogens is 2. The highest BCUT2D eigenvalue weighted by molar-refractivity contribution is 6.31. The van der Waals surface area contributed by atoms with Gasteiger partial charge in [-0.05, 0) is 44.5 Å². The molecule has 0 saturated carbocycles. The normalized spacial score (nSPS) is 23.7. The first-order valence-electron chi connectivity index (χ1n) is 5.53. The molecule has 1 fully saturated rings. The van der Waals surface area contributed by atoms with Crippen molar-refractivity contribution in [1.82, 2.24) is 5.32 Å². The molecule has 0 aliphatic carbocycles. The van der Waals surface area contributed by atoms with Gasteiger partial charge in [-0.3, -0.25) is 4.79 Å². The summed E-state index contributed by atoms with van der Waals surface area (Å²) in [4.78, 5) is 12.0. The zero-order valence-corrected chi connectivity index (χ0v) is 10.3. The highest BCUT2D eigenvalue weighted by Crippen LogP contribution is 2.23. The van der Waals surface area contributed by atoms with Gasteiger partial charge in [0.2, 0.25) is 5.91 Å². The Morgan fingerprint density at radius 2 is 2.35 bits per heavy atom. The van der Waals surface area contributed by atoms with Crippen LogP contribution in [0.4, 0.5) is 10.1 Å². The van der Waals surface area contributed by atoms with Crippen LogP contribution in [0.3, 0.4) is 0 Å². The van der Waals surface area contributed by atoms with Gasteiger partial charge in [-0.2, -0.15) is 0 Å². The first-order valence-corrected chi connectivity index (χ1v) is 5.91. The number of anilines is 1. The van der Waals surface area contributed by atoms with Crippen LogP contribution in [-0.2, 0) is 4.79 Å². The van der Waals surface area contributed by atoms with Gasteiger partial charge in [0, 0.05) is 5.69 Å². The molecule has 1 amide bonds. The van der Waals surface area contributed by atoms with Crippen molar-refractivity contribution in [1.29, 1.82) is 0 Å². The Hall–Kier alpha value is -1.13. The second-order valence-corrected chi connectivity index (χ2v) is 4.85. The summed E-state index contributed by atoms with van der Waals surface area (Å²) in [5, 5.41) is 5.91. The monoisotopic (exact) mass is 256 g/mol. The van der Waals surface area contributed by atoms with E-state index in [9.17, 15) is 9.18 Å². The maximum Gasteiger partial charge on any atom is 0.244 e. The van der Waals surface area contributed by atoms with Crippen molar-refractivity contribution in [2.24, 2.45) is 0 Å². The molecular formula is C12H14ClFN2O. The van der Waals surface area contributed by atoms with Crippen molar-refractivity contribution in [2.75, 3.05) is 11.9 Å². The molecule has 17 heavy (non-hydrogen) atoms. The molecule has 3 nitrogen and oxygen atoms in total. The minimum absolute atomic E-state index is 0.00679. The highest BCUT2D eigenvalue weighted by Gasteiger charge is 2.35. The molecule has 2 N–H and O–H groups in total. The number of hydrogen-bond acceptors (Lipinski definition) is 2. The Morgan fingerprint density at radius 3 is 2.94 bits per heavy atom. The summed E-state index contributed by atoms with van der Waals surface area (Å²) in [6, 6.07) is 4.15. The molecule has 1 unspecified atom stereocenters. The van der Waals surface area contributed by atoms with E-state index in [1.165, 1.54) is 18.2 Å². The second kappa shape index (κ2) is 4.63. The molecule has 1 aliphatic rings. The smallest absolute Gasteiger partial charge is 0.244 e. The number of rotatable bonds is 2. The lowest BCUT2D eigenvalue weighted by molar-refractivity contribution is -0.121. The van der Waals surface area contributed by atoms with Gasteiger partial charge in [0.15, 0.2) is 0 Å². The first kappa shape index (κ1) is 12.3. The molecule has 0 spiro atoms. The fourth-order valence-electron chi connectivity index (χ4n) is 1.93. The van der Waals surface area contributed by atoms with Crippen LogP contribution >= 0.6 is 11.6 Å². The molecular weight excluding hydrogens is 243 g/mol. The average molecular weight is 257 g/mol. The molecule has 0 bridgehead atoms. The maximum atomic E-state index is 13.0. The quantitative estimate of drug-likeness (QED) is 0.854. The van der Waals surface area contributed by atoms with Crippen LogP contribution in [0.15, 0.2) is 18.2 Å². The predicted molar refractivity (Wildman–Crippen MR) is 65.7 cm³/mol. The fourth-order valence-corrected chi connectivity index (χ4v) is 2.11. The number of carbonyl (C=O) groups is 1. The molecule has 0 aromatic heterocycles. The van der Waals surface area contributed by atoms with E-state index < -0.39 is 11.4 Å². The van der Waals surface area contributed by atoms with Gasteiger partial charge >= 0.3 is 0 Å². The van der Waals surface area contributed by atoms with Crippen LogP contribution in [0.25, 0.3) is 0 Å². The van der Waals surface area contributed by atoms with E-state index in [1.807, 2.05) is 6.92 Å². The zero-order valence-electron chi connectivity index (χ0n) is 9.52. The molecule has 0 radical (unpaired) electrons. The van der Waals surface area contributed by atoms with E-state index in [0.717, 1.165) is 19.4 Å². The fraction of sp³-hybridized carbons (Fsp3) is 0.417. The Kier molecular flexibility index (Phi) is 3.35. The van der Waals surface area contributed by atoms with Gasteiger partial charge in [0.25, 0.3) is 0 Å². The average Bonchev–Trinajstić information content (AvgIpc) is 2.72. The Balaban J connectivity index is 2.10. The molecule has 5 heteroatoms. The number of hydrogen-bond donors (Lipinski definition) is 2. The summed E-state index contributed by atoms with van der Waals surface area (Å²) in [5.74, 6) is -0.604. The van der Waals surface area contributed by atoms with Crippen molar-refractivity contribution < 1.29 is 9.18 Å². The van der Waals surface area contributed by atoms with E-state index in [-0.39, 0.29) is 10.9 Å². The standard InChI is InChI=1S/C12H14ClFN2O/c1-12(5-2-6-15-12)11(17)16-8-3-4-10(14)9(13)7-8/h3-4,7,15H,2,5-6H2,1H3,(H,16,17). The minimum Gasteiger partial charge on any atom is -0.324 e. The third-order valence-corrected chi connectivity index (χ3v) is 3.34. The van der Waals surface area contributed by atoms with Crippen LogP contribution in [0.2, 0.25) is 5.02 Å². The molecule has 1 aromatic carbocycles. The first-order chi connectivity index (χ1) is 8.01. The highest BCUT2D eigenvalue weighted by atomic mass is 35.5. The zero-order chi connectivity index (χ0) is 12.5. The van der Waals surface area contributed by atoms with Gasteiger partial charge < -0.3 is 10.6 Å². The van der Waals surface area contributed by atoms with Crippen molar-refractivity contribution in [3.8, 4) is 0 Å². The summed E-state index contributed by atoms with van der Waals surface area (Å²) in [6.45, 7) is 2.70. The Morgan fingerprint density at radius 1 is 1.59 bits per heavy atom. The topological polar surface area (TPSA) is 41.1 Å². The van der Waals surface area contributed by atoms with Gasteiger partial charge in [0.05, 0.1) is 10.6 Å². The largest absolute Gasteiger partial charge is 0.324 e. The van der Waals surface area contributed by atoms with Crippen LogP contribution in [-0.4, -0.2) is 18.0 Å². The number of amides is 1. The summed E-state index contributed by atoms with van der Waals surface area (Å²) in [5.41, 5.74) is -0.0303. The number of nitrogens with one attached hydrogen (secondary N) is 2. The van der Waals surface area contributed by atoms with Crippen LogP contribution in [0.5, 0.6) is 0 Å². The van der Waals surface area contributed by atoms with E-state index in [4.69, 9.17) is 11.6 Å². The summed E-state index contributed by atoms with van der Waals surface area (Å²) >= 11 is 5.65. The Labute approximate surface area is 104 Å². The van der Waals surface area contributed by atoms with Gasteiger partial charge in [-0.1, -0.05) is 11.6 Å². The molecule has 1 heterocycles. The van der Waals surface area contributed by atoms with Crippen molar-refractivity contribution in [2.45, 2.75) is 25.3 Å². The number of benzene rings is 1. The second-order valence-electron chi connectivity index (χ2n) is 4.45. The third-order valence-electron chi connectivity index (χ3n) is 3.05. The molecule has 1 aliphatic heterocycles. The summed E-state index contributed by atoms with van der Waals surface area (Å²) in [7, 11) is 0. The van der Waals surface area contributed by atoms with Crippen molar-refractivity contribution >= 4 is 23.2 Å². The van der Waals surface area contributed by atoms with Crippen LogP contribution in [0, 0.1) is 5.82 Å². The van der Waals surface area contributed by atoms with Crippen molar-refractivity contribution in [3.05, 3.63) is 29.0 Å². The lowest BCUT2D eigenvalue weighted by atomic mass is 9.99. The lowest BCUT2D eigenvalue weighted by Gasteiger charge is -2.23. The molecule has 2 rings (SSSR count). The van der Waals surface area contributed by atoms with E-state index in [1.54, 1.807) is 0 Å². The predicted octanol–water partition coefficient (Wildman–Crippen LogP) is 2.56. The van der Waals surface area contributed by atoms with Gasteiger partial charge in [-0.15, -0.1) is 0 Å². The molecule has 1 aromatic rings. The minimum atomic E-state index is -0.541. The summed E-state index contributed by atoms with van der Waals surface area (Å²) in [6.07, 6.45) is 1.78. The van der Waals surface area contributed by atoms with E-state index in [0.29, 0.717) is 5.69 Å². The third kappa shape index (κ3) is 2.58. The maximum absolute atomic E-state index is 13.0. The van der Waals surface area contributed by atoms with E-state index in [2.05, 4.69) is 10.6 Å². The molecule has 1 saturated heterocycles. The van der Waals surface area contributed by atoms with Crippen LogP contribution < -0.4 is 10.6 Å². The van der Waals surface area contributed by atoms with Crippen molar-refractivity contribution in [3.63, 3.8) is 0 Å². The van der Waals surface area contributed by atoms with Gasteiger partial charge in [0.1, 0.15) is 5.82 Å². The van der Waals surface area contributed by atoms with E-state index >= 15 is 0 Å². The SMILES string of the molecule is CC1(C(=O)Nc2ccc(F)c(Cl)c2)CCCN1. The molecule has 92 valence electrons. The van der Waals surface area contributed by atoms with Crippen LogP contribution in [0.1, 0.15) is 19.8 Å².